The zero-order chi connectivity index (χ0) is 22.2. The van der Waals surface area contributed by atoms with Crippen LogP contribution in [0.25, 0.3) is 34.5 Å². The molecule has 5 heteroatoms. The molecule has 0 aliphatic rings. The van der Waals surface area contributed by atoms with Gasteiger partial charge in [0.1, 0.15) is 5.75 Å². The highest BCUT2D eigenvalue weighted by Gasteiger charge is 2.15. The summed E-state index contributed by atoms with van der Waals surface area (Å²) in [5.41, 5.74) is 7.72. The van der Waals surface area contributed by atoms with E-state index in [1.807, 2.05) is 67.6 Å². The summed E-state index contributed by atoms with van der Waals surface area (Å²) in [6.07, 6.45) is 6.33. The molecule has 2 aromatic carbocycles. The number of carbonyl (C=O) groups is 1. The van der Waals surface area contributed by atoms with Gasteiger partial charge in [-0.05, 0) is 48.7 Å². The Morgan fingerprint density at radius 1 is 1.10 bits per heavy atom. The molecule has 0 unspecified atom stereocenters. The summed E-state index contributed by atoms with van der Waals surface area (Å²) in [4.78, 5) is 17.0. The van der Waals surface area contributed by atoms with Crippen LogP contribution in [0.2, 0.25) is 0 Å². The van der Waals surface area contributed by atoms with E-state index in [9.17, 15) is 4.79 Å². The second kappa shape index (κ2) is 10.4. The lowest BCUT2D eigenvalue weighted by atomic mass is 9.99. The van der Waals surface area contributed by atoms with Crippen LogP contribution in [0.1, 0.15) is 41.9 Å². The summed E-state index contributed by atoms with van der Waals surface area (Å²) in [5.74, 6) is 5.87. The molecule has 3 N–H and O–H groups in total. The number of nitrogen functional groups attached to an aromatic ring is 1. The highest BCUT2D eigenvalue weighted by molar-refractivity contribution is 5.99. The van der Waals surface area contributed by atoms with Crippen molar-refractivity contribution >= 4 is 18.1 Å². The van der Waals surface area contributed by atoms with Gasteiger partial charge in [0.25, 0.3) is 5.91 Å². The molecule has 0 fully saturated rings. The summed E-state index contributed by atoms with van der Waals surface area (Å²) in [6, 6.07) is 17.9. The molecular formula is C26H27N3O2. The number of hydrazine groups is 1. The molecule has 5 nitrogen and oxygen atoms in total. The molecule has 0 saturated heterocycles. The van der Waals surface area contributed by atoms with Crippen molar-refractivity contribution in [3.8, 4) is 28.1 Å². The summed E-state index contributed by atoms with van der Waals surface area (Å²) in [5, 5.41) is 0. The van der Waals surface area contributed by atoms with Crippen LogP contribution in [0.5, 0.6) is 5.75 Å². The zero-order valence-corrected chi connectivity index (χ0v) is 17.9. The van der Waals surface area contributed by atoms with E-state index in [1.165, 1.54) is 0 Å². The second-order valence-electron chi connectivity index (χ2n) is 6.98. The molecule has 0 aliphatic carbocycles. The van der Waals surface area contributed by atoms with Crippen molar-refractivity contribution in [3.63, 3.8) is 0 Å². The van der Waals surface area contributed by atoms with E-state index in [2.05, 4.69) is 18.9 Å². The summed E-state index contributed by atoms with van der Waals surface area (Å²) < 4.78 is 5.65. The van der Waals surface area contributed by atoms with Gasteiger partial charge in [-0.2, -0.15) is 0 Å². The summed E-state index contributed by atoms with van der Waals surface area (Å²) in [6.45, 7) is 8.52. The van der Waals surface area contributed by atoms with Gasteiger partial charge >= 0.3 is 0 Å². The number of aromatic nitrogens is 1. The Morgan fingerprint density at radius 3 is 2.26 bits per heavy atom. The Bertz CT molecular complexity index is 1080. The van der Waals surface area contributed by atoms with Crippen LogP contribution in [0.4, 0.5) is 0 Å². The molecule has 1 heterocycles. The van der Waals surface area contributed by atoms with E-state index in [1.54, 1.807) is 12.1 Å². The Labute approximate surface area is 183 Å². The monoisotopic (exact) mass is 413 g/mol. The van der Waals surface area contributed by atoms with E-state index in [-0.39, 0.29) is 5.91 Å². The predicted octanol–water partition coefficient (Wildman–Crippen LogP) is 5.48. The first-order valence-electron chi connectivity index (χ1n) is 10.3. The first kappa shape index (κ1) is 22.0. The lowest BCUT2D eigenvalue weighted by Gasteiger charge is -2.12. The quantitative estimate of drug-likeness (QED) is 0.291. The average Bonchev–Trinajstić information content (AvgIpc) is 2.82. The molecule has 0 spiro atoms. The van der Waals surface area contributed by atoms with Crippen molar-refractivity contribution in [1.29, 1.82) is 0 Å². The predicted molar refractivity (Wildman–Crippen MR) is 127 cm³/mol. The Morgan fingerprint density at radius 2 is 1.71 bits per heavy atom. The first-order chi connectivity index (χ1) is 15.1. The molecule has 0 aliphatic heterocycles. The Hall–Kier alpha value is -3.70. The largest absolute Gasteiger partial charge is 0.494 e. The third kappa shape index (κ3) is 5.08. The van der Waals surface area contributed by atoms with E-state index in [0.717, 1.165) is 28.9 Å². The van der Waals surface area contributed by atoms with Crippen LogP contribution in [-0.2, 0) is 0 Å². The Balaban J connectivity index is 1.95. The lowest BCUT2D eigenvalue weighted by molar-refractivity contribution is 0.0953. The van der Waals surface area contributed by atoms with Crippen molar-refractivity contribution in [1.82, 2.24) is 10.4 Å². The second-order valence-corrected chi connectivity index (χ2v) is 6.98. The molecule has 0 radical (unpaired) electrons. The number of pyridine rings is 1. The molecule has 0 bridgehead atoms. The number of nitrogens with zero attached hydrogens (tertiary/aromatic N) is 1. The van der Waals surface area contributed by atoms with Crippen molar-refractivity contribution in [2.75, 3.05) is 6.61 Å². The van der Waals surface area contributed by atoms with Gasteiger partial charge < -0.3 is 4.74 Å². The third-order valence-corrected chi connectivity index (χ3v) is 4.83. The standard InChI is InChI=1S/C26H27N3O2/c1-4-7-24-22(6-3)23(26(30)29-27)17-25(28-24)20-10-8-18(9-11-20)19-12-14-21(15-13-19)31-16-5-2/h4,6-15,17H,3,5,16,27H2,1-2H3,(H,29,30)/b7-4-. The first-order valence-corrected chi connectivity index (χ1v) is 10.3. The molecule has 31 heavy (non-hydrogen) atoms. The number of hydrogen-bond acceptors (Lipinski definition) is 4. The van der Waals surface area contributed by atoms with E-state index in [0.29, 0.717) is 29.1 Å². The van der Waals surface area contributed by atoms with Gasteiger partial charge in [-0.15, -0.1) is 0 Å². The SMILES string of the molecule is C=Cc1c(C(=O)NN)cc(-c2ccc(-c3ccc(OCCC)cc3)cc2)nc1/C=C\C. The minimum atomic E-state index is -0.383. The third-order valence-electron chi connectivity index (χ3n) is 4.83. The van der Waals surface area contributed by atoms with Crippen LogP contribution in [0.3, 0.4) is 0 Å². The number of ether oxygens (including phenoxy) is 1. The highest BCUT2D eigenvalue weighted by atomic mass is 16.5. The van der Waals surface area contributed by atoms with Crippen molar-refractivity contribution in [3.05, 3.63) is 84.1 Å². The smallest absolute Gasteiger partial charge is 0.265 e. The number of nitrogens with one attached hydrogen (secondary N) is 1. The molecule has 1 aromatic heterocycles. The molecule has 0 saturated carbocycles. The number of amides is 1. The van der Waals surface area contributed by atoms with Gasteiger partial charge in [0.05, 0.1) is 23.6 Å². The number of rotatable bonds is 8. The van der Waals surface area contributed by atoms with Crippen LogP contribution in [0.15, 0.2) is 67.3 Å². The fourth-order valence-electron chi connectivity index (χ4n) is 3.28. The molecule has 1 amide bonds. The van der Waals surface area contributed by atoms with Gasteiger partial charge in [-0.3, -0.25) is 10.2 Å². The van der Waals surface area contributed by atoms with Gasteiger partial charge in [0, 0.05) is 11.1 Å². The molecular weight excluding hydrogens is 386 g/mol. The maximum absolute atomic E-state index is 12.3. The van der Waals surface area contributed by atoms with Crippen LogP contribution in [0, 0.1) is 0 Å². The van der Waals surface area contributed by atoms with E-state index < -0.39 is 0 Å². The zero-order valence-electron chi connectivity index (χ0n) is 17.9. The summed E-state index contributed by atoms with van der Waals surface area (Å²) in [7, 11) is 0. The van der Waals surface area contributed by atoms with Crippen LogP contribution >= 0.6 is 0 Å². The lowest BCUT2D eigenvalue weighted by Crippen LogP contribution is -2.30. The van der Waals surface area contributed by atoms with Gasteiger partial charge in [-0.1, -0.05) is 62.1 Å². The number of carbonyl (C=O) groups excluding carboxylic acids is 1. The van der Waals surface area contributed by atoms with Crippen molar-refractivity contribution < 1.29 is 9.53 Å². The normalized spacial score (nSPS) is 10.8. The number of hydrogen-bond donors (Lipinski definition) is 2. The molecule has 158 valence electrons. The van der Waals surface area contributed by atoms with Crippen LogP contribution in [-0.4, -0.2) is 17.5 Å². The van der Waals surface area contributed by atoms with E-state index in [4.69, 9.17) is 15.6 Å². The van der Waals surface area contributed by atoms with Crippen molar-refractivity contribution in [2.45, 2.75) is 20.3 Å². The molecule has 3 aromatic rings. The minimum absolute atomic E-state index is 0.383. The van der Waals surface area contributed by atoms with Gasteiger partial charge in [-0.25, -0.2) is 10.8 Å². The van der Waals surface area contributed by atoms with Gasteiger partial charge in [0.2, 0.25) is 0 Å². The van der Waals surface area contributed by atoms with Crippen LogP contribution < -0.4 is 16.0 Å². The molecule has 0 atom stereocenters. The van der Waals surface area contributed by atoms with Gasteiger partial charge in [0.15, 0.2) is 0 Å². The highest BCUT2D eigenvalue weighted by Crippen LogP contribution is 2.28. The number of allylic oxidation sites excluding steroid dienone is 1. The number of nitrogens with two attached hydrogens (primary N) is 1. The Kier molecular flexibility index (Phi) is 7.35. The average molecular weight is 414 g/mol. The number of benzene rings is 2. The molecule has 3 rings (SSSR count). The maximum atomic E-state index is 12.3. The fourth-order valence-corrected chi connectivity index (χ4v) is 3.28. The maximum Gasteiger partial charge on any atom is 0.265 e. The topological polar surface area (TPSA) is 77.2 Å². The van der Waals surface area contributed by atoms with Crippen molar-refractivity contribution in [2.24, 2.45) is 5.84 Å². The summed E-state index contributed by atoms with van der Waals surface area (Å²) >= 11 is 0. The van der Waals surface area contributed by atoms with E-state index >= 15 is 0 Å². The fraction of sp³-hybridized carbons (Fsp3) is 0.154. The minimum Gasteiger partial charge on any atom is -0.494 e.